The van der Waals surface area contributed by atoms with Crippen molar-refractivity contribution in [3.05, 3.63) is 64.4 Å². The summed E-state index contributed by atoms with van der Waals surface area (Å²) in [7, 11) is 0. The highest BCUT2D eigenvalue weighted by Crippen LogP contribution is 2.19. The Kier molecular flexibility index (Phi) is 4.55. The van der Waals surface area contributed by atoms with E-state index in [1.165, 1.54) is 18.2 Å². The summed E-state index contributed by atoms with van der Waals surface area (Å²) in [5.41, 5.74) is 4.06. The number of amides is 1. The van der Waals surface area contributed by atoms with Crippen LogP contribution in [0.25, 0.3) is 0 Å². The first-order valence-corrected chi connectivity index (χ1v) is 6.27. The van der Waals surface area contributed by atoms with Gasteiger partial charge in [0.2, 0.25) is 0 Å². The minimum absolute atomic E-state index is 0.287. The maximum absolute atomic E-state index is 12.8. The second-order valence-electron chi connectivity index (χ2n) is 4.14. The highest BCUT2D eigenvalue weighted by atomic mass is 35.5. The molecule has 0 spiro atoms. The Bertz CT molecular complexity index is 616. The topological polar surface area (TPSA) is 67.1 Å². The summed E-state index contributed by atoms with van der Waals surface area (Å²) in [6.45, 7) is 0.287. The molecule has 4 N–H and O–H groups in total. The molecule has 0 saturated carbocycles. The fraction of sp³-hybridized carbons (Fsp3) is 0.0714. The Balaban J connectivity index is 2.08. The van der Waals surface area contributed by atoms with E-state index in [0.29, 0.717) is 16.3 Å². The molecule has 1 amide bonds. The van der Waals surface area contributed by atoms with Crippen molar-refractivity contribution in [3.63, 3.8) is 0 Å². The first-order chi connectivity index (χ1) is 9.60. The lowest BCUT2D eigenvalue weighted by atomic mass is 10.1. The molecule has 0 unspecified atom stereocenters. The number of nitrogens with two attached hydrogens (primary N) is 1. The van der Waals surface area contributed by atoms with E-state index < -0.39 is 0 Å². The van der Waals surface area contributed by atoms with E-state index in [0.717, 1.165) is 5.56 Å². The standard InChI is InChI=1S/C14H13ClFN3O/c15-10-3-6-13(19-17)12(7-10)14(20)18-8-9-1-4-11(16)5-2-9/h1-7,19H,8,17H2,(H,18,20). The van der Waals surface area contributed by atoms with Gasteiger partial charge in [0.1, 0.15) is 5.82 Å². The lowest BCUT2D eigenvalue weighted by Crippen LogP contribution is -2.24. The number of carbonyl (C=O) groups excluding carboxylic acids is 1. The Hall–Kier alpha value is -2.11. The van der Waals surface area contributed by atoms with Crippen molar-refractivity contribution in [2.45, 2.75) is 6.54 Å². The maximum atomic E-state index is 12.8. The quantitative estimate of drug-likeness (QED) is 0.600. The van der Waals surface area contributed by atoms with Gasteiger partial charge in [-0.25, -0.2) is 4.39 Å². The molecule has 0 saturated heterocycles. The molecule has 0 radical (unpaired) electrons. The fourth-order valence-electron chi connectivity index (χ4n) is 1.71. The number of benzene rings is 2. The molecule has 2 rings (SSSR count). The van der Waals surface area contributed by atoms with E-state index in [1.54, 1.807) is 24.3 Å². The third-order valence-corrected chi connectivity index (χ3v) is 2.98. The highest BCUT2D eigenvalue weighted by Gasteiger charge is 2.11. The lowest BCUT2D eigenvalue weighted by Gasteiger charge is -2.10. The van der Waals surface area contributed by atoms with Gasteiger partial charge < -0.3 is 10.7 Å². The van der Waals surface area contributed by atoms with Crippen molar-refractivity contribution in [2.24, 2.45) is 5.84 Å². The number of anilines is 1. The summed E-state index contributed by atoms with van der Waals surface area (Å²) >= 11 is 5.86. The van der Waals surface area contributed by atoms with Crippen LogP contribution in [0.3, 0.4) is 0 Å². The van der Waals surface area contributed by atoms with E-state index in [-0.39, 0.29) is 18.3 Å². The van der Waals surface area contributed by atoms with Crippen LogP contribution in [0.15, 0.2) is 42.5 Å². The third-order valence-electron chi connectivity index (χ3n) is 2.75. The van der Waals surface area contributed by atoms with E-state index in [4.69, 9.17) is 17.4 Å². The molecule has 0 atom stereocenters. The van der Waals surface area contributed by atoms with E-state index in [9.17, 15) is 9.18 Å². The summed E-state index contributed by atoms with van der Waals surface area (Å²) < 4.78 is 12.8. The highest BCUT2D eigenvalue weighted by molar-refractivity contribution is 6.31. The zero-order valence-corrected chi connectivity index (χ0v) is 11.2. The van der Waals surface area contributed by atoms with Crippen molar-refractivity contribution >= 4 is 23.2 Å². The van der Waals surface area contributed by atoms with Gasteiger partial charge >= 0.3 is 0 Å². The Morgan fingerprint density at radius 2 is 1.90 bits per heavy atom. The van der Waals surface area contributed by atoms with Gasteiger partial charge in [0, 0.05) is 11.6 Å². The summed E-state index contributed by atoms with van der Waals surface area (Å²) in [6.07, 6.45) is 0. The minimum atomic E-state index is -0.315. The molecule has 0 fully saturated rings. The van der Waals surface area contributed by atoms with Crippen LogP contribution in [0.2, 0.25) is 5.02 Å². The summed E-state index contributed by atoms with van der Waals surface area (Å²) in [6, 6.07) is 10.7. The average molecular weight is 294 g/mol. The van der Waals surface area contributed by atoms with E-state index >= 15 is 0 Å². The zero-order valence-electron chi connectivity index (χ0n) is 10.5. The molecule has 4 nitrogen and oxygen atoms in total. The van der Waals surface area contributed by atoms with Crippen molar-refractivity contribution in [2.75, 3.05) is 5.43 Å². The number of halogens is 2. The smallest absolute Gasteiger partial charge is 0.253 e. The fourth-order valence-corrected chi connectivity index (χ4v) is 1.88. The molecule has 0 aromatic heterocycles. The van der Waals surface area contributed by atoms with Crippen LogP contribution in [0.5, 0.6) is 0 Å². The molecule has 0 aliphatic rings. The maximum Gasteiger partial charge on any atom is 0.253 e. The van der Waals surface area contributed by atoms with Gasteiger partial charge in [0.15, 0.2) is 0 Å². The molecule has 0 aliphatic carbocycles. The lowest BCUT2D eigenvalue weighted by molar-refractivity contribution is 0.0951. The minimum Gasteiger partial charge on any atom is -0.348 e. The number of hydrogen-bond donors (Lipinski definition) is 3. The Labute approximate surface area is 120 Å². The SMILES string of the molecule is NNc1ccc(Cl)cc1C(=O)NCc1ccc(F)cc1. The van der Waals surface area contributed by atoms with Gasteiger partial charge in [0.05, 0.1) is 11.3 Å². The van der Waals surface area contributed by atoms with Crippen LogP contribution in [-0.4, -0.2) is 5.91 Å². The zero-order chi connectivity index (χ0) is 14.5. The number of carbonyl (C=O) groups is 1. The van der Waals surface area contributed by atoms with Crippen molar-refractivity contribution in [1.82, 2.24) is 5.32 Å². The third kappa shape index (κ3) is 3.46. The summed E-state index contributed by atoms with van der Waals surface area (Å²) in [5, 5.41) is 3.16. The molecule has 2 aromatic rings. The summed E-state index contributed by atoms with van der Waals surface area (Å²) in [5.74, 6) is 4.72. The summed E-state index contributed by atoms with van der Waals surface area (Å²) in [4.78, 5) is 12.1. The first kappa shape index (κ1) is 14.3. The Morgan fingerprint density at radius 1 is 1.20 bits per heavy atom. The molecule has 20 heavy (non-hydrogen) atoms. The number of hydrazine groups is 1. The number of nitrogen functional groups attached to an aromatic ring is 1. The molecule has 104 valence electrons. The molecule has 2 aromatic carbocycles. The molecular formula is C14H13ClFN3O. The van der Waals surface area contributed by atoms with Crippen LogP contribution in [0, 0.1) is 5.82 Å². The van der Waals surface area contributed by atoms with Gasteiger partial charge in [-0.3, -0.25) is 10.6 Å². The van der Waals surface area contributed by atoms with Gasteiger partial charge in [-0.1, -0.05) is 23.7 Å². The normalized spacial score (nSPS) is 10.2. The van der Waals surface area contributed by atoms with E-state index in [2.05, 4.69) is 10.7 Å². The number of hydrogen-bond acceptors (Lipinski definition) is 3. The monoisotopic (exact) mass is 293 g/mol. The van der Waals surface area contributed by atoms with E-state index in [1.807, 2.05) is 0 Å². The van der Waals surface area contributed by atoms with Crippen LogP contribution < -0.4 is 16.6 Å². The number of rotatable bonds is 4. The molecule has 0 heterocycles. The molecule has 6 heteroatoms. The van der Waals surface area contributed by atoms with Gasteiger partial charge in [-0.05, 0) is 35.9 Å². The van der Waals surface area contributed by atoms with Crippen LogP contribution in [0.4, 0.5) is 10.1 Å². The second kappa shape index (κ2) is 6.36. The molecule has 0 aliphatic heterocycles. The molecular weight excluding hydrogens is 281 g/mol. The Morgan fingerprint density at radius 3 is 2.55 bits per heavy atom. The average Bonchev–Trinajstić information content (AvgIpc) is 2.46. The number of nitrogens with one attached hydrogen (secondary N) is 2. The van der Waals surface area contributed by atoms with Crippen LogP contribution in [-0.2, 0) is 6.54 Å². The van der Waals surface area contributed by atoms with Gasteiger partial charge in [0.25, 0.3) is 5.91 Å². The predicted molar refractivity (Wildman–Crippen MR) is 76.8 cm³/mol. The van der Waals surface area contributed by atoms with Crippen LogP contribution >= 0.6 is 11.6 Å². The largest absolute Gasteiger partial charge is 0.348 e. The van der Waals surface area contributed by atoms with Crippen molar-refractivity contribution in [3.8, 4) is 0 Å². The predicted octanol–water partition coefficient (Wildman–Crippen LogP) is 2.69. The van der Waals surface area contributed by atoms with Crippen molar-refractivity contribution in [1.29, 1.82) is 0 Å². The van der Waals surface area contributed by atoms with Gasteiger partial charge in [-0.15, -0.1) is 0 Å². The van der Waals surface area contributed by atoms with Crippen LogP contribution in [0.1, 0.15) is 15.9 Å². The first-order valence-electron chi connectivity index (χ1n) is 5.89. The van der Waals surface area contributed by atoms with Crippen molar-refractivity contribution < 1.29 is 9.18 Å². The van der Waals surface area contributed by atoms with Gasteiger partial charge in [-0.2, -0.15) is 0 Å². The second-order valence-corrected chi connectivity index (χ2v) is 4.58. The molecule has 0 bridgehead atoms.